The minimum absolute atomic E-state index is 0.0158. The van der Waals surface area contributed by atoms with Crippen molar-refractivity contribution in [2.75, 3.05) is 19.7 Å². The quantitative estimate of drug-likeness (QED) is 0.366. The van der Waals surface area contributed by atoms with E-state index in [-0.39, 0.29) is 49.6 Å². The predicted molar refractivity (Wildman–Crippen MR) is 114 cm³/mol. The second-order valence-electron chi connectivity index (χ2n) is 7.66. The van der Waals surface area contributed by atoms with Crippen LogP contribution >= 0.6 is 0 Å². The maximum absolute atomic E-state index is 13.1. The lowest BCUT2D eigenvalue weighted by Gasteiger charge is -2.19. The number of alkyl halides is 6. The molecule has 0 radical (unpaired) electrons. The Morgan fingerprint density at radius 1 is 0.886 bits per heavy atom. The molecule has 2 rings (SSSR count). The zero-order valence-corrected chi connectivity index (χ0v) is 18.4. The highest BCUT2D eigenvalue weighted by atomic mass is 19.4. The lowest BCUT2D eigenvalue weighted by atomic mass is 9.96. The van der Waals surface area contributed by atoms with Crippen LogP contribution in [-0.2, 0) is 28.5 Å². The molecule has 2 amide bonds. The van der Waals surface area contributed by atoms with Gasteiger partial charge in [0.15, 0.2) is 0 Å². The van der Waals surface area contributed by atoms with Crippen molar-refractivity contribution in [1.82, 2.24) is 10.6 Å². The van der Waals surface area contributed by atoms with E-state index in [1.807, 2.05) is 0 Å². The number of nitrogens with one attached hydrogen (secondary N) is 2. The number of hydrogen-bond donors (Lipinski definition) is 3. The second kappa shape index (κ2) is 12.4. The SMILES string of the molecule is O=C(O)NCCC(=O)NCCC(COCc1cc(C(F)(F)F)cc(C(F)(F)F)c1)c1ccccc1. The van der Waals surface area contributed by atoms with Crippen LogP contribution in [0, 0.1) is 0 Å². The Morgan fingerprint density at radius 2 is 1.49 bits per heavy atom. The summed E-state index contributed by atoms with van der Waals surface area (Å²) in [6.07, 6.45) is -10.8. The molecule has 12 heteroatoms. The average molecular weight is 506 g/mol. The summed E-state index contributed by atoms with van der Waals surface area (Å²) in [6.45, 7) is -0.332. The van der Waals surface area contributed by atoms with Crippen LogP contribution in [0.5, 0.6) is 0 Å². The van der Waals surface area contributed by atoms with E-state index in [4.69, 9.17) is 9.84 Å². The fourth-order valence-corrected chi connectivity index (χ4v) is 3.25. The molecule has 0 aliphatic heterocycles. The number of rotatable bonds is 11. The Balaban J connectivity index is 2.01. The van der Waals surface area contributed by atoms with Crippen molar-refractivity contribution in [2.24, 2.45) is 0 Å². The molecule has 0 aliphatic carbocycles. The number of carboxylic acid groups (broad SMARTS) is 1. The monoisotopic (exact) mass is 506 g/mol. The Kier molecular flexibility index (Phi) is 9.93. The molecule has 35 heavy (non-hydrogen) atoms. The van der Waals surface area contributed by atoms with Gasteiger partial charge in [-0.05, 0) is 35.7 Å². The van der Waals surface area contributed by atoms with E-state index in [1.165, 1.54) is 0 Å². The molecule has 1 atom stereocenters. The fourth-order valence-electron chi connectivity index (χ4n) is 3.25. The molecule has 6 nitrogen and oxygen atoms in total. The molecule has 0 spiro atoms. The van der Waals surface area contributed by atoms with Crippen molar-refractivity contribution in [3.63, 3.8) is 0 Å². The van der Waals surface area contributed by atoms with E-state index in [9.17, 15) is 35.9 Å². The molecule has 2 aromatic carbocycles. The van der Waals surface area contributed by atoms with Gasteiger partial charge in [0.2, 0.25) is 5.91 Å². The van der Waals surface area contributed by atoms with Crippen molar-refractivity contribution in [1.29, 1.82) is 0 Å². The van der Waals surface area contributed by atoms with Gasteiger partial charge in [-0.25, -0.2) is 4.79 Å². The maximum Gasteiger partial charge on any atom is 0.416 e. The topological polar surface area (TPSA) is 87.7 Å². The molecular formula is C23H24F6N2O4. The van der Waals surface area contributed by atoms with Gasteiger partial charge in [0.25, 0.3) is 0 Å². The third kappa shape index (κ3) is 9.85. The highest BCUT2D eigenvalue weighted by Gasteiger charge is 2.36. The molecule has 0 fully saturated rings. The first kappa shape index (κ1) is 28.0. The highest BCUT2D eigenvalue weighted by Crippen LogP contribution is 2.36. The molecule has 0 saturated carbocycles. The summed E-state index contributed by atoms with van der Waals surface area (Å²) in [4.78, 5) is 22.2. The molecular weight excluding hydrogens is 482 g/mol. The van der Waals surface area contributed by atoms with Crippen LogP contribution in [0.1, 0.15) is 41.0 Å². The summed E-state index contributed by atoms with van der Waals surface area (Å²) in [6, 6.07) is 10.2. The predicted octanol–water partition coefficient (Wildman–Crippen LogP) is 5.19. The molecule has 192 valence electrons. The van der Waals surface area contributed by atoms with Gasteiger partial charge in [-0.15, -0.1) is 0 Å². The molecule has 0 heterocycles. The summed E-state index contributed by atoms with van der Waals surface area (Å²) >= 11 is 0. The number of carbonyl (C=O) groups excluding carboxylic acids is 1. The van der Waals surface area contributed by atoms with Gasteiger partial charge >= 0.3 is 18.4 Å². The van der Waals surface area contributed by atoms with Crippen LogP contribution in [-0.4, -0.2) is 36.8 Å². The third-order valence-corrected chi connectivity index (χ3v) is 4.95. The number of benzene rings is 2. The lowest BCUT2D eigenvalue weighted by molar-refractivity contribution is -0.143. The Labute approximate surface area is 197 Å². The zero-order chi connectivity index (χ0) is 26.1. The van der Waals surface area contributed by atoms with Gasteiger partial charge in [-0.2, -0.15) is 26.3 Å². The van der Waals surface area contributed by atoms with E-state index in [1.54, 1.807) is 30.3 Å². The summed E-state index contributed by atoms with van der Waals surface area (Å²) < 4.78 is 83.8. The van der Waals surface area contributed by atoms with Crippen LogP contribution in [0.2, 0.25) is 0 Å². The summed E-state index contributed by atoms with van der Waals surface area (Å²) in [5, 5.41) is 13.2. The van der Waals surface area contributed by atoms with Gasteiger partial charge in [0, 0.05) is 25.4 Å². The Morgan fingerprint density at radius 3 is 2.03 bits per heavy atom. The Hall–Kier alpha value is -3.28. The molecule has 0 saturated heterocycles. The van der Waals surface area contributed by atoms with Gasteiger partial charge in [-0.1, -0.05) is 30.3 Å². The first-order valence-corrected chi connectivity index (χ1v) is 10.5. The van der Waals surface area contributed by atoms with Crippen molar-refractivity contribution in [3.8, 4) is 0 Å². The molecule has 0 aliphatic rings. The van der Waals surface area contributed by atoms with E-state index in [0.717, 1.165) is 5.56 Å². The normalized spacial score (nSPS) is 12.7. The van der Waals surface area contributed by atoms with E-state index >= 15 is 0 Å². The van der Waals surface area contributed by atoms with Crippen LogP contribution in [0.4, 0.5) is 31.1 Å². The van der Waals surface area contributed by atoms with Gasteiger partial charge in [-0.3, -0.25) is 4.79 Å². The first-order valence-electron chi connectivity index (χ1n) is 10.5. The Bertz CT molecular complexity index is 948. The molecule has 1 unspecified atom stereocenters. The summed E-state index contributed by atoms with van der Waals surface area (Å²) in [7, 11) is 0. The molecule has 0 aromatic heterocycles. The second-order valence-corrected chi connectivity index (χ2v) is 7.66. The molecule has 3 N–H and O–H groups in total. The standard InChI is InChI=1S/C23H24F6N2O4/c24-22(25,26)18-10-15(11-19(12-18)23(27,28)29)13-35-14-17(16-4-2-1-3-5-16)6-8-30-20(32)7-9-31-21(33)34/h1-5,10-12,17,31H,6-9,13-14H2,(H,30,32)(H,33,34). The van der Waals surface area contributed by atoms with E-state index in [0.29, 0.717) is 18.6 Å². The summed E-state index contributed by atoms with van der Waals surface area (Å²) in [5.41, 5.74) is -2.27. The van der Waals surface area contributed by atoms with Crippen LogP contribution in [0.15, 0.2) is 48.5 Å². The number of amides is 2. The van der Waals surface area contributed by atoms with E-state index in [2.05, 4.69) is 10.6 Å². The summed E-state index contributed by atoms with van der Waals surface area (Å²) in [5.74, 6) is -0.684. The minimum Gasteiger partial charge on any atom is -0.465 e. The van der Waals surface area contributed by atoms with Gasteiger partial charge < -0.3 is 20.5 Å². The minimum atomic E-state index is -4.94. The number of hydrogen-bond acceptors (Lipinski definition) is 3. The van der Waals surface area contributed by atoms with Crippen molar-refractivity contribution >= 4 is 12.0 Å². The highest BCUT2D eigenvalue weighted by molar-refractivity contribution is 5.76. The van der Waals surface area contributed by atoms with Crippen LogP contribution in [0.25, 0.3) is 0 Å². The van der Waals surface area contributed by atoms with Crippen LogP contribution < -0.4 is 10.6 Å². The number of carbonyl (C=O) groups is 2. The van der Waals surface area contributed by atoms with Crippen molar-refractivity contribution < 1.29 is 45.8 Å². The zero-order valence-electron chi connectivity index (χ0n) is 18.4. The van der Waals surface area contributed by atoms with Crippen molar-refractivity contribution in [2.45, 2.75) is 37.7 Å². The fraction of sp³-hybridized carbons (Fsp3) is 0.391. The average Bonchev–Trinajstić information content (AvgIpc) is 2.77. The van der Waals surface area contributed by atoms with Crippen LogP contribution in [0.3, 0.4) is 0 Å². The lowest BCUT2D eigenvalue weighted by Crippen LogP contribution is -2.31. The van der Waals surface area contributed by atoms with Gasteiger partial charge in [0.1, 0.15) is 0 Å². The molecule has 2 aromatic rings. The maximum atomic E-state index is 13.1. The van der Waals surface area contributed by atoms with E-state index < -0.39 is 36.2 Å². The van der Waals surface area contributed by atoms with Crippen molar-refractivity contribution in [3.05, 3.63) is 70.8 Å². The molecule has 0 bridgehead atoms. The number of ether oxygens (including phenoxy) is 1. The first-order chi connectivity index (χ1) is 16.4. The largest absolute Gasteiger partial charge is 0.465 e. The third-order valence-electron chi connectivity index (χ3n) is 4.95. The smallest absolute Gasteiger partial charge is 0.416 e. The number of halogens is 6. The van der Waals surface area contributed by atoms with Gasteiger partial charge in [0.05, 0.1) is 24.3 Å².